The van der Waals surface area contributed by atoms with Crippen molar-refractivity contribution >= 4 is 17.5 Å². The molecule has 0 aromatic carbocycles. The van der Waals surface area contributed by atoms with Crippen molar-refractivity contribution in [3.63, 3.8) is 0 Å². The molecule has 0 saturated heterocycles. The van der Waals surface area contributed by atoms with Crippen LogP contribution in [-0.2, 0) is 0 Å². The molecule has 0 aromatic rings. The summed E-state index contributed by atoms with van der Waals surface area (Å²) in [6, 6.07) is -0.513. The molecule has 0 atom stereocenters. The minimum atomic E-state index is -4.17. The predicted octanol–water partition coefficient (Wildman–Crippen LogP) is 5.74. The Kier molecular flexibility index (Phi) is 8.36. The van der Waals surface area contributed by atoms with Crippen molar-refractivity contribution in [3.05, 3.63) is 0 Å². The monoisotopic (exact) mass is 288 g/mol. The smallest absolute Gasteiger partial charge is 0.270 e. The molecule has 0 rings (SSSR count). The van der Waals surface area contributed by atoms with E-state index >= 15 is 0 Å². The molecule has 0 aliphatic rings. The van der Waals surface area contributed by atoms with Crippen LogP contribution in [0.5, 0.6) is 0 Å². The van der Waals surface area contributed by atoms with Crippen molar-refractivity contribution in [2.24, 2.45) is 0 Å². The highest BCUT2D eigenvalue weighted by molar-refractivity contribution is 6.67. The SMILES string of the molecule is CCCC[Si](F)(F)CCC[Si](F)(F)CCCC. The molecule has 6 heteroatoms. The highest BCUT2D eigenvalue weighted by atomic mass is 28.4. The van der Waals surface area contributed by atoms with E-state index in [0.717, 1.165) is 12.8 Å². The average Bonchev–Trinajstić information content (AvgIpc) is 2.23. The molecule has 0 unspecified atom stereocenters. The topological polar surface area (TPSA) is 0 Å². The van der Waals surface area contributed by atoms with Crippen LogP contribution >= 0.6 is 0 Å². The van der Waals surface area contributed by atoms with Crippen LogP contribution in [0.2, 0.25) is 24.2 Å². The number of rotatable bonds is 10. The molecule has 0 amide bonds. The zero-order valence-corrected chi connectivity index (χ0v) is 12.9. The Bertz CT molecular complexity index is 178. The van der Waals surface area contributed by atoms with Crippen LogP contribution in [0.15, 0.2) is 0 Å². The van der Waals surface area contributed by atoms with Crippen LogP contribution in [0, 0.1) is 0 Å². The maximum absolute atomic E-state index is 13.3. The molecule has 0 aliphatic heterocycles. The lowest BCUT2D eigenvalue weighted by Gasteiger charge is -2.15. The maximum Gasteiger partial charge on any atom is 0.425 e. The fourth-order valence-corrected chi connectivity index (χ4v) is 5.71. The van der Waals surface area contributed by atoms with Crippen LogP contribution in [0.4, 0.5) is 16.4 Å². The van der Waals surface area contributed by atoms with E-state index in [9.17, 15) is 16.4 Å². The van der Waals surface area contributed by atoms with E-state index < -0.39 is 17.5 Å². The van der Waals surface area contributed by atoms with E-state index in [4.69, 9.17) is 0 Å². The summed E-state index contributed by atoms with van der Waals surface area (Å²) < 4.78 is 53.4. The Morgan fingerprint density at radius 2 is 0.882 bits per heavy atom. The van der Waals surface area contributed by atoms with Crippen molar-refractivity contribution in [2.45, 2.75) is 70.1 Å². The molecule has 0 spiro atoms. The lowest BCUT2D eigenvalue weighted by molar-refractivity contribution is 0.551. The van der Waals surface area contributed by atoms with E-state index in [1.54, 1.807) is 0 Å². The molecule has 0 N–H and O–H groups in total. The molecule has 0 nitrogen and oxygen atoms in total. The highest BCUT2D eigenvalue weighted by Crippen LogP contribution is 2.29. The number of hydrogen-bond donors (Lipinski definition) is 0. The molecule has 17 heavy (non-hydrogen) atoms. The summed E-state index contributed by atoms with van der Waals surface area (Å²) >= 11 is 0. The largest absolute Gasteiger partial charge is 0.425 e. The van der Waals surface area contributed by atoms with Gasteiger partial charge in [-0.3, -0.25) is 16.4 Å². The van der Waals surface area contributed by atoms with Gasteiger partial charge in [-0.15, -0.1) is 0 Å². The van der Waals surface area contributed by atoms with Gasteiger partial charge in [0.25, 0.3) is 0 Å². The second kappa shape index (κ2) is 8.29. The molecule has 0 bridgehead atoms. The third kappa shape index (κ3) is 9.82. The Labute approximate surface area is 105 Å². The van der Waals surface area contributed by atoms with E-state index in [1.807, 2.05) is 13.8 Å². The second-order valence-electron chi connectivity index (χ2n) is 4.77. The first kappa shape index (κ1) is 17.2. The van der Waals surface area contributed by atoms with Crippen LogP contribution in [-0.4, -0.2) is 17.5 Å². The van der Waals surface area contributed by atoms with Crippen molar-refractivity contribution in [1.82, 2.24) is 0 Å². The van der Waals surface area contributed by atoms with Gasteiger partial charge in [0.1, 0.15) is 0 Å². The molecule has 0 aromatic heterocycles. The van der Waals surface area contributed by atoms with Gasteiger partial charge in [0.2, 0.25) is 0 Å². The Balaban J connectivity index is 3.80. The minimum absolute atomic E-state index is 0.0222. The zero-order valence-electron chi connectivity index (χ0n) is 10.9. The summed E-state index contributed by atoms with van der Waals surface area (Å²) in [5, 5.41) is 0. The fourth-order valence-electron chi connectivity index (χ4n) is 1.73. The normalized spacial score (nSPS) is 13.1. The fraction of sp³-hybridized carbons (Fsp3) is 1.00. The van der Waals surface area contributed by atoms with Gasteiger partial charge in [-0.05, 0) is 30.6 Å². The average molecular weight is 288 g/mol. The van der Waals surface area contributed by atoms with Crippen LogP contribution in [0.3, 0.4) is 0 Å². The summed E-state index contributed by atoms with van der Waals surface area (Å²) in [6.45, 7) is 3.74. The Morgan fingerprint density at radius 1 is 0.588 bits per heavy atom. The summed E-state index contributed by atoms with van der Waals surface area (Å²) in [4.78, 5) is 0. The third-order valence-electron chi connectivity index (χ3n) is 2.88. The van der Waals surface area contributed by atoms with Gasteiger partial charge >= 0.3 is 17.5 Å². The quantitative estimate of drug-likeness (QED) is 0.273. The molecule has 104 valence electrons. The van der Waals surface area contributed by atoms with Crippen LogP contribution < -0.4 is 0 Å². The van der Waals surface area contributed by atoms with E-state index in [2.05, 4.69) is 0 Å². The summed E-state index contributed by atoms with van der Waals surface area (Å²) in [7, 11) is -8.33. The minimum Gasteiger partial charge on any atom is -0.270 e. The van der Waals surface area contributed by atoms with Gasteiger partial charge in [0.05, 0.1) is 0 Å². The third-order valence-corrected chi connectivity index (χ3v) is 7.22. The lowest BCUT2D eigenvalue weighted by atomic mass is 10.4. The van der Waals surface area contributed by atoms with Gasteiger partial charge in [0.15, 0.2) is 0 Å². The molecule has 0 heterocycles. The molecule has 0 radical (unpaired) electrons. The summed E-state index contributed by atoms with van der Waals surface area (Å²) in [6.07, 6.45) is 2.60. The molecular formula is C11H24F4Si2. The predicted molar refractivity (Wildman–Crippen MR) is 69.6 cm³/mol. The number of hydrogen-bond acceptors (Lipinski definition) is 0. The standard InChI is InChI=1S/C11H24F4Si2/c1-3-5-8-16(12,13)10-7-11-17(14,15)9-6-4-2/h3-11H2,1-2H3. The van der Waals surface area contributed by atoms with Gasteiger partial charge in [-0.1, -0.05) is 39.5 Å². The van der Waals surface area contributed by atoms with Crippen molar-refractivity contribution in [1.29, 1.82) is 0 Å². The first-order chi connectivity index (χ1) is 7.83. The highest BCUT2D eigenvalue weighted by Gasteiger charge is 2.38. The van der Waals surface area contributed by atoms with Crippen molar-refractivity contribution in [2.75, 3.05) is 0 Å². The van der Waals surface area contributed by atoms with Gasteiger partial charge < -0.3 is 0 Å². The zero-order chi connectivity index (χ0) is 13.4. The van der Waals surface area contributed by atoms with Gasteiger partial charge in [0, 0.05) is 0 Å². The maximum atomic E-state index is 13.3. The van der Waals surface area contributed by atoms with Gasteiger partial charge in [-0.2, -0.15) is 0 Å². The molecule has 0 fully saturated rings. The van der Waals surface area contributed by atoms with Crippen molar-refractivity contribution in [3.8, 4) is 0 Å². The van der Waals surface area contributed by atoms with E-state index in [0.29, 0.717) is 12.8 Å². The van der Waals surface area contributed by atoms with Crippen LogP contribution in [0.25, 0.3) is 0 Å². The Morgan fingerprint density at radius 3 is 1.18 bits per heavy atom. The van der Waals surface area contributed by atoms with Gasteiger partial charge in [-0.25, -0.2) is 0 Å². The summed E-state index contributed by atoms with van der Waals surface area (Å²) in [5.41, 5.74) is 0. The van der Waals surface area contributed by atoms with Crippen molar-refractivity contribution < 1.29 is 16.4 Å². The molecule has 0 aliphatic carbocycles. The van der Waals surface area contributed by atoms with E-state index in [-0.39, 0.29) is 30.6 Å². The Hall–Kier alpha value is 0.154. The van der Waals surface area contributed by atoms with Crippen LogP contribution in [0.1, 0.15) is 46.0 Å². The molecule has 0 saturated carbocycles. The summed E-state index contributed by atoms with van der Waals surface area (Å²) in [5.74, 6) is 0. The first-order valence-corrected chi connectivity index (χ1v) is 10.9. The second-order valence-corrected chi connectivity index (χ2v) is 10.2. The lowest BCUT2D eigenvalue weighted by Crippen LogP contribution is -2.25. The molecular weight excluding hydrogens is 264 g/mol. The number of halogens is 4. The number of unbranched alkanes of at least 4 members (excludes halogenated alkanes) is 2. The van der Waals surface area contributed by atoms with E-state index in [1.165, 1.54) is 0 Å². The first-order valence-electron chi connectivity index (χ1n) is 6.58.